The Bertz CT molecular complexity index is 210. The largest absolute Gasteiger partial charge is 0.330 e. The van der Waals surface area contributed by atoms with Crippen LogP contribution in [0, 0.1) is 10.3 Å². The number of nitrogens with two attached hydrogens (primary N) is 1. The summed E-state index contributed by atoms with van der Waals surface area (Å²) in [5.74, 6) is 0. The minimum absolute atomic E-state index is 0.185. The van der Waals surface area contributed by atoms with E-state index in [2.05, 4.69) is 32.0 Å². The molecular weight excluding hydrogens is 188 g/mol. The molecule has 0 aliphatic carbocycles. The molecule has 15 heavy (non-hydrogen) atoms. The summed E-state index contributed by atoms with van der Waals surface area (Å²) in [6.07, 6.45) is 6.23. The van der Waals surface area contributed by atoms with Gasteiger partial charge in [0.25, 0.3) is 0 Å². The van der Waals surface area contributed by atoms with E-state index in [1.54, 1.807) is 0 Å². The van der Waals surface area contributed by atoms with Gasteiger partial charge in [0, 0.05) is 0 Å². The highest BCUT2D eigenvalue weighted by Gasteiger charge is 2.16. The van der Waals surface area contributed by atoms with Crippen molar-refractivity contribution < 1.29 is 0 Å². The van der Waals surface area contributed by atoms with E-state index < -0.39 is 0 Å². The lowest BCUT2D eigenvalue weighted by Gasteiger charge is -2.24. The summed E-state index contributed by atoms with van der Waals surface area (Å²) in [4.78, 5) is 9.91. The quantitative estimate of drug-likeness (QED) is 0.381. The normalized spacial score (nSPS) is 12.9. The van der Waals surface area contributed by atoms with Gasteiger partial charge in [0.05, 0.1) is 6.54 Å². The number of hydrogen-bond donors (Lipinski definition) is 1. The first-order valence-electron chi connectivity index (χ1n) is 5.69. The van der Waals surface area contributed by atoms with E-state index in [1.165, 1.54) is 5.57 Å². The molecule has 3 heteroatoms. The zero-order chi connectivity index (χ0) is 11.7. The highest BCUT2D eigenvalue weighted by Crippen LogP contribution is 2.26. The maximum atomic E-state index is 9.91. The van der Waals surface area contributed by atoms with Gasteiger partial charge in [-0.15, -0.1) is 0 Å². The maximum absolute atomic E-state index is 9.91. The molecule has 2 N–H and O–H groups in total. The van der Waals surface area contributed by atoms with Gasteiger partial charge in [-0.3, -0.25) is 0 Å². The minimum atomic E-state index is 0.185. The third kappa shape index (κ3) is 7.25. The number of hydrogen-bond acceptors (Lipinski definition) is 3. The Balaban J connectivity index is 3.89. The molecule has 0 heterocycles. The summed E-state index contributed by atoms with van der Waals surface area (Å²) in [6, 6.07) is 0. The molecule has 0 fully saturated rings. The lowest BCUT2D eigenvalue weighted by atomic mass is 9.84. The molecule has 3 nitrogen and oxygen atoms in total. The molecule has 0 rings (SSSR count). The Morgan fingerprint density at radius 1 is 1.40 bits per heavy atom. The summed E-state index contributed by atoms with van der Waals surface area (Å²) >= 11 is 0. The van der Waals surface area contributed by atoms with Crippen LogP contribution in [0.4, 0.5) is 0 Å². The molecule has 0 aromatic carbocycles. The van der Waals surface area contributed by atoms with Crippen LogP contribution in [-0.4, -0.2) is 13.1 Å². The van der Waals surface area contributed by atoms with E-state index in [0.29, 0.717) is 13.1 Å². The van der Waals surface area contributed by atoms with Crippen molar-refractivity contribution in [3.63, 3.8) is 0 Å². The molecule has 0 aliphatic heterocycles. The molecule has 0 unspecified atom stereocenters. The molecule has 0 saturated carbocycles. The van der Waals surface area contributed by atoms with Crippen molar-refractivity contribution in [3.8, 4) is 0 Å². The van der Waals surface area contributed by atoms with Crippen LogP contribution in [0.25, 0.3) is 0 Å². The molecule has 0 spiro atoms. The van der Waals surface area contributed by atoms with Crippen molar-refractivity contribution in [1.82, 2.24) is 0 Å². The summed E-state index contributed by atoms with van der Waals surface area (Å²) in [6.45, 7) is 7.59. The Labute approximate surface area is 93.1 Å². The molecule has 0 atom stereocenters. The monoisotopic (exact) mass is 212 g/mol. The molecule has 0 saturated heterocycles. The zero-order valence-electron chi connectivity index (χ0n) is 10.3. The fourth-order valence-corrected chi connectivity index (χ4v) is 1.55. The van der Waals surface area contributed by atoms with Crippen molar-refractivity contribution in [1.29, 1.82) is 0 Å². The van der Waals surface area contributed by atoms with E-state index >= 15 is 0 Å². The van der Waals surface area contributed by atoms with Crippen LogP contribution in [0.1, 0.15) is 46.5 Å². The van der Waals surface area contributed by atoms with Gasteiger partial charge in [-0.25, -0.2) is 0 Å². The average Bonchev–Trinajstić information content (AvgIpc) is 2.22. The summed E-state index contributed by atoms with van der Waals surface area (Å²) in [7, 11) is 0. The van der Waals surface area contributed by atoms with Crippen molar-refractivity contribution in [2.24, 2.45) is 16.3 Å². The molecule has 0 aromatic rings. The third-order valence-corrected chi connectivity index (χ3v) is 2.66. The summed E-state index contributed by atoms with van der Waals surface area (Å²) in [5.41, 5.74) is 7.33. The Kier molecular flexibility index (Phi) is 7.22. The van der Waals surface area contributed by atoms with E-state index in [1.807, 2.05) is 0 Å². The van der Waals surface area contributed by atoms with Crippen LogP contribution in [0.15, 0.2) is 16.8 Å². The van der Waals surface area contributed by atoms with E-state index in [9.17, 15) is 4.91 Å². The molecule has 0 amide bonds. The first-order valence-corrected chi connectivity index (χ1v) is 5.69. The van der Waals surface area contributed by atoms with Crippen molar-refractivity contribution in [2.45, 2.75) is 46.5 Å². The van der Waals surface area contributed by atoms with Gasteiger partial charge in [-0.05, 0) is 44.6 Å². The Morgan fingerprint density at radius 2 is 2.07 bits per heavy atom. The molecule has 0 bridgehead atoms. The Morgan fingerprint density at radius 3 is 2.53 bits per heavy atom. The first kappa shape index (κ1) is 14.3. The molecule has 88 valence electrons. The van der Waals surface area contributed by atoms with Crippen LogP contribution in [-0.2, 0) is 0 Å². The molecular formula is C12H24N2O. The number of allylic oxidation sites excluding steroid dienone is 2. The fraction of sp³-hybridized carbons (Fsp3) is 0.833. The van der Waals surface area contributed by atoms with E-state index in [0.717, 1.165) is 25.7 Å². The van der Waals surface area contributed by atoms with Crippen LogP contribution < -0.4 is 5.73 Å². The average molecular weight is 212 g/mol. The first-order chi connectivity index (χ1) is 7.05. The maximum Gasteiger partial charge on any atom is 0.0811 e. The molecule has 0 radical (unpaired) electrons. The lowest BCUT2D eigenvalue weighted by molar-refractivity contribution is 0.369. The van der Waals surface area contributed by atoms with E-state index in [4.69, 9.17) is 5.73 Å². The smallest absolute Gasteiger partial charge is 0.0811 e. The highest BCUT2D eigenvalue weighted by molar-refractivity contribution is 5.03. The van der Waals surface area contributed by atoms with Crippen LogP contribution >= 0.6 is 0 Å². The van der Waals surface area contributed by atoms with Gasteiger partial charge in [-0.2, -0.15) is 4.91 Å². The van der Waals surface area contributed by atoms with Gasteiger partial charge in [0.15, 0.2) is 0 Å². The van der Waals surface area contributed by atoms with Crippen LogP contribution in [0.2, 0.25) is 0 Å². The number of nitrogens with zero attached hydrogens (tertiary/aromatic N) is 1. The second kappa shape index (κ2) is 7.57. The predicted octanol–water partition coefficient (Wildman–Crippen LogP) is 3.24. The second-order valence-electron chi connectivity index (χ2n) is 4.80. The van der Waals surface area contributed by atoms with Gasteiger partial charge in [0.2, 0.25) is 0 Å². The minimum Gasteiger partial charge on any atom is -0.330 e. The number of unbranched alkanes of at least 4 members (excludes halogenated alkanes) is 1. The zero-order valence-corrected chi connectivity index (χ0v) is 10.3. The topological polar surface area (TPSA) is 55.5 Å². The molecule has 0 aliphatic rings. The standard InChI is InChI=1S/C12H24N2O/c1-4-11(7-5-6-8-14-15)9-12(2,3)10-13/h4H,5-10,13H2,1-3H3/b11-4+. The van der Waals surface area contributed by atoms with Gasteiger partial charge < -0.3 is 5.73 Å². The summed E-state index contributed by atoms with van der Waals surface area (Å²) < 4.78 is 0. The fourth-order valence-electron chi connectivity index (χ4n) is 1.55. The van der Waals surface area contributed by atoms with E-state index in [-0.39, 0.29) is 5.41 Å². The van der Waals surface area contributed by atoms with Gasteiger partial charge in [0.1, 0.15) is 0 Å². The highest BCUT2D eigenvalue weighted by atomic mass is 16.3. The number of rotatable bonds is 8. The summed E-state index contributed by atoms with van der Waals surface area (Å²) in [5, 5.41) is 2.86. The second-order valence-corrected chi connectivity index (χ2v) is 4.80. The van der Waals surface area contributed by atoms with Gasteiger partial charge >= 0.3 is 0 Å². The Hall–Kier alpha value is -0.700. The van der Waals surface area contributed by atoms with Crippen molar-refractivity contribution >= 4 is 0 Å². The SMILES string of the molecule is C/C=C(\CCCCN=O)CC(C)(C)CN. The predicted molar refractivity (Wildman–Crippen MR) is 65.7 cm³/mol. The lowest BCUT2D eigenvalue weighted by Crippen LogP contribution is -2.24. The van der Waals surface area contributed by atoms with Crippen LogP contribution in [0.5, 0.6) is 0 Å². The van der Waals surface area contributed by atoms with Crippen molar-refractivity contribution in [3.05, 3.63) is 16.6 Å². The third-order valence-electron chi connectivity index (χ3n) is 2.66. The van der Waals surface area contributed by atoms with Crippen LogP contribution in [0.3, 0.4) is 0 Å². The number of nitroso groups, excluding NO2 is 1. The van der Waals surface area contributed by atoms with Crippen molar-refractivity contribution in [2.75, 3.05) is 13.1 Å². The molecule has 0 aromatic heterocycles. The van der Waals surface area contributed by atoms with Gasteiger partial charge in [-0.1, -0.05) is 30.7 Å².